The predicted octanol–water partition coefficient (Wildman–Crippen LogP) is 3.87. The Morgan fingerprint density at radius 1 is 0.941 bits per heavy atom. The van der Waals surface area contributed by atoms with Gasteiger partial charge >= 0.3 is 0 Å². The Balaban J connectivity index is 0.00000144. The Labute approximate surface area is 107 Å². The molecule has 2 aromatic rings. The smallest absolute Gasteiger partial charge is 0.118 e. The lowest BCUT2D eigenvalue weighted by Gasteiger charge is -1.98. The summed E-state index contributed by atoms with van der Waals surface area (Å²) in [5, 5.41) is 0. The van der Waals surface area contributed by atoms with Crippen molar-refractivity contribution in [1.82, 2.24) is 0 Å². The first-order chi connectivity index (χ1) is 7.88. The van der Waals surface area contributed by atoms with E-state index in [1.54, 1.807) is 7.11 Å². The van der Waals surface area contributed by atoms with Crippen molar-refractivity contribution in [1.29, 1.82) is 0 Å². The summed E-state index contributed by atoms with van der Waals surface area (Å²) in [5.74, 6) is 0.858. The van der Waals surface area contributed by atoms with Gasteiger partial charge in [0.25, 0.3) is 0 Å². The van der Waals surface area contributed by atoms with Crippen LogP contribution in [0.4, 0.5) is 5.69 Å². The van der Waals surface area contributed by atoms with Gasteiger partial charge in [-0.25, -0.2) is 0 Å². The summed E-state index contributed by atoms with van der Waals surface area (Å²) >= 11 is 0. The number of ether oxygens (including phenoxy) is 1. The van der Waals surface area contributed by atoms with Crippen LogP contribution in [-0.2, 0) is 0 Å². The Morgan fingerprint density at radius 2 is 1.59 bits per heavy atom. The number of methoxy groups -OCH3 is 1. The topological polar surface area (TPSA) is 21.6 Å². The van der Waals surface area contributed by atoms with Gasteiger partial charge in [-0.05, 0) is 42.0 Å². The van der Waals surface area contributed by atoms with Crippen LogP contribution >= 0.6 is 12.4 Å². The molecule has 2 aromatic carbocycles. The normalized spacial score (nSPS) is 9.94. The maximum atomic E-state index is 5.09. The molecule has 0 heterocycles. The number of aliphatic imine (C=N–C) groups is 1. The lowest BCUT2D eigenvalue weighted by Crippen LogP contribution is -1.84. The summed E-state index contributed by atoms with van der Waals surface area (Å²) in [4.78, 5) is 4.37. The molecule has 88 valence electrons. The highest BCUT2D eigenvalue weighted by atomic mass is 35.5. The lowest BCUT2D eigenvalue weighted by molar-refractivity contribution is 0.415. The van der Waals surface area contributed by atoms with Gasteiger partial charge in [-0.1, -0.05) is 18.2 Å². The quantitative estimate of drug-likeness (QED) is 0.755. The van der Waals surface area contributed by atoms with Crippen molar-refractivity contribution >= 4 is 24.3 Å². The van der Waals surface area contributed by atoms with Crippen LogP contribution in [0.2, 0.25) is 0 Å². The number of nitrogens with zero attached hydrogens (tertiary/aromatic N) is 1. The number of para-hydroxylation sites is 1. The van der Waals surface area contributed by atoms with Crippen LogP contribution in [-0.4, -0.2) is 13.3 Å². The van der Waals surface area contributed by atoms with Crippen LogP contribution in [0.15, 0.2) is 59.6 Å². The molecule has 0 aliphatic carbocycles. The van der Waals surface area contributed by atoms with Gasteiger partial charge in [-0.3, -0.25) is 4.99 Å². The summed E-state index contributed by atoms with van der Waals surface area (Å²) in [6.07, 6.45) is 1.84. The van der Waals surface area contributed by atoms with E-state index in [-0.39, 0.29) is 12.4 Å². The number of hydrogen-bond acceptors (Lipinski definition) is 2. The van der Waals surface area contributed by atoms with Crippen LogP contribution < -0.4 is 4.74 Å². The average Bonchev–Trinajstić information content (AvgIpc) is 2.38. The van der Waals surface area contributed by atoms with Crippen LogP contribution in [0.3, 0.4) is 0 Å². The molecule has 17 heavy (non-hydrogen) atoms. The first-order valence-electron chi connectivity index (χ1n) is 5.11. The van der Waals surface area contributed by atoms with Crippen molar-refractivity contribution in [2.75, 3.05) is 7.11 Å². The molecule has 0 aliphatic heterocycles. The number of hydrogen-bond donors (Lipinski definition) is 0. The van der Waals surface area contributed by atoms with Gasteiger partial charge in [0.1, 0.15) is 5.75 Å². The molecule has 0 bridgehead atoms. The molecule has 0 saturated heterocycles. The molecule has 0 unspecified atom stereocenters. The maximum absolute atomic E-state index is 5.09. The van der Waals surface area contributed by atoms with Gasteiger partial charge < -0.3 is 4.74 Å². The molecular formula is C14H14ClNO. The summed E-state index contributed by atoms with van der Waals surface area (Å²) in [7, 11) is 1.66. The predicted molar refractivity (Wildman–Crippen MR) is 73.9 cm³/mol. The zero-order valence-corrected chi connectivity index (χ0v) is 10.4. The maximum Gasteiger partial charge on any atom is 0.118 e. The largest absolute Gasteiger partial charge is 0.497 e. The summed E-state index contributed by atoms with van der Waals surface area (Å²) in [6.45, 7) is 0. The van der Waals surface area contributed by atoms with Crippen molar-refractivity contribution in [3.63, 3.8) is 0 Å². The molecule has 3 heteroatoms. The van der Waals surface area contributed by atoms with E-state index in [1.165, 1.54) is 0 Å². The molecule has 0 aliphatic rings. The highest BCUT2D eigenvalue weighted by Crippen LogP contribution is 2.12. The zero-order valence-electron chi connectivity index (χ0n) is 9.54. The fourth-order valence-electron chi connectivity index (χ4n) is 1.35. The van der Waals surface area contributed by atoms with Crippen LogP contribution in [0, 0.1) is 0 Å². The highest BCUT2D eigenvalue weighted by Gasteiger charge is 1.90. The minimum absolute atomic E-state index is 0. The Kier molecular flexibility index (Phi) is 5.24. The summed E-state index contributed by atoms with van der Waals surface area (Å²) in [5.41, 5.74) is 2.02. The van der Waals surface area contributed by atoms with Gasteiger partial charge in [0.2, 0.25) is 0 Å². The van der Waals surface area contributed by atoms with Gasteiger partial charge in [-0.15, -0.1) is 12.4 Å². The van der Waals surface area contributed by atoms with E-state index in [0.717, 1.165) is 17.0 Å². The second-order valence-corrected chi connectivity index (χ2v) is 3.37. The molecule has 0 spiro atoms. The SMILES string of the molecule is COc1ccc(C=Nc2ccccc2)cc1.Cl. The molecule has 2 nitrogen and oxygen atoms in total. The highest BCUT2D eigenvalue weighted by molar-refractivity contribution is 5.85. The monoisotopic (exact) mass is 247 g/mol. The van der Waals surface area contributed by atoms with Crippen molar-refractivity contribution in [2.24, 2.45) is 4.99 Å². The minimum atomic E-state index is 0. The van der Waals surface area contributed by atoms with Crippen LogP contribution in [0.1, 0.15) is 5.56 Å². The Bertz CT molecular complexity index is 465. The van der Waals surface area contributed by atoms with E-state index in [1.807, 2.05) is 60.8 Å². The Hall–Kier alpha value is -1.80. The van der Waals surface area contributed by atoms with E-state index in [0.29, 0.717) is 0 Å². The Morgan fingerprint density at radius 3 is 2.18 bits per heavy atom. The van der Waals surface area contributed by atoms with E-state index in [4.69, 9.17) is 4.74 Å². The number of benzene rings is 2. The molecular weight excluding hydrogens is 234 g/mol. The van der Waals surface area contributed by atoms with E-state index in [2.05, 4.69) is 4.99 Å². The third-order valence-corrected chi connectivity index (χ3v) is 2.23. The second-order valence-electron chi connectivity index (χ2n) is 3.37. The van der Waals surface area contributed by atoms with Crippen molar-refractivity contribution in [3.8, 4) is 5.75 Å². The number of halogens is 1. The average molecular weight is 248 g/mol. The van der Waals surface area contributed by atoms with E-state index >= 15 is 0 Å². The van der Waals surface area contributed by atoms with Crippen molar-refractivity contribution in [3.05, 3.63) is 60.2 Å². The third kappa shape index (κ3) is 3.93. The third-order valence-electron chi connectivity index (χ3n) is 2.23. The standard InChI is InChI=1S/C14H13NO.ClH/c1-16-14-9-7-12(8-10-14)11-15-13-5-3-2-4-6-13;/h2-11H,1H3;1H. The molecule has 0 atom stereocenters. The van der Waals surface area contributed by atoms with Crippen molar-refractivity contribution < 1.29 is 4.74 Å². The summed E-state index contributed by atoms with van der Waals surface area (Å²) in [6, 6.07) is 17.7. The minimum Gasteiger partial charge on any atom is -0.497 e. The summed E-state index contributed by atoms with van der Waals surface area (Å²) < 4.78 is 5.09. The van der Waals surface area contributed by atoms with Gasteiger partial charge in [0, 0.05) is 6.21 Å². The first-order valence-corrected chi connectivity index (χ1v) is 5.11. The van der Waals surface area contributed by atoms with Gasteiger partial charge in [0.05, 0.1) is 12.8 Å². The molecule has 0 radical (unpaired) electrons. The fraction of sp³-hybridized carbons (Fsp3) is 0.0714. The lowest BCUT2D eigenvalue weighted by atomic mass is 10.2. The molecule has 0 saturated carbocycles. The molecule has 0 fully saturated rings. The number of rotatable bonds is 3. The second kappa shape index (κ2) is 6.71. The molecule has 2 rings (SSSR count). The molecule has 0 aromatic heterocycles. The zero-order chi connectivity index (χ0) is 11.2. The van der Waals surface area contributed by atoms with E-state index < -0.39 is 0 Å². The molecule has 0 amide bonds. The van der Waals surface area contributed by atoms with Gasteiger partial charge in [0.15, 0.2) is 0 Å². The van der Waals surface area contributed by atoms with E-state index in [9.17, 15) is 0 Å². The fourth-order valence-corrected chi connectivity index (χ4v) is 1.35. The van der Waals surface area contributed by atoms with Crippen LogP contribution in [0.5, 0.6) is 5.75 Å². The molecule has 0 N–H and O–H groups in total. The van der Waals surface area contributed by atoms with Gasteiger partial charge in [-0.2, -0.15) is 0 Å². The van der Waals surface area contributed by atoms with Crippen LogP contribution in [0.25, 0.3) is 0 Å². The van der Waals surface area contributed by atoms with Crippen molar-refractivity contribution in [2.45, 2.75) is 0 Å². The first kappa shape index (κ1) is 13.3.